The van der Waals surface area contributed by atoms with E-state index >= 15 is 0 Å². The van der Waals surface area contributed by atoms with Crippen molar-refractivity contribution in [3.8, 4) is 0 Å². The van der Waals surface area contributed by atoms with Crippen LogP contribution in [0.3, 0.4) is 0 Å². The minimum Gasteiger partial charge on any atom is -0.483 e. The fourth-order valence-electron chi connectivity index (χ4n) is 8.46. The Hall–Kier alpha value is -1.67. The topological polar surface area (TPSA) is 107 Å². The normalized spacial score (nSPS) is 11.3. The van der Waals surface area contributed by atoms with Crippen molar-refractivity contribution in [1.82, 2.24) is 9.80 Å². The standard InChI is InChI=1S/C50H102N2O2.2CH2O2/c1-8-12-26-35-47(36-27-13-9-2)39-30-22-18-16-20-24-32-41-49(54-50(53)43-34-44-52(7)46-45-51(5)6)42-33-25-21-17-19-23-31-40-48(37-28-14-10-3)38-29-15-11-4;2*2-1-3/h47-49H,8-46H2,1-7H3;2*1H,(H,2,3). The maximum atomic E-state index is 12.9. The summed E-state index contributed by atoms with van der Waals surface area (Å²) < 4.78 is 6.17. The first-order valence-electron chi connectivity index (χ1n) is 25.9. The minimum absolute atomic E-state index is 0.0337. The third-order valence-corrected chi connectivity index (χ3v) is 12.3. The van der Waals surface area contributed by atoms with E-state index in [4.69, 9.17) is 24.5 Å². The zero-order chi connectivity index (χ0) is 45.2. The SMILES string of the molecule is CCCCCC(CCCCC)CCCCCCCCCC(CCCCCCCCCC(CCCCC)CCCCC)OC(=O)CCCN(C)CCN(C)C.O=CO.O=CO. The van der Waals surface area contributed by atoms with Crippen molar-refractivity contribution in [3.05, 3.63) is 0 Å². The Morgan fingerprint density at radius 3 is 1.02 bits per heavy atom. The maximum Gasteiger partial charge on any atom is 0.306 e. The van der Waals surface area contributed by atoms with Crippen LogP contribution in [-0.2, 0) is 19.1 Å². The molecule has 60 heavy (non-hydrogen) atoms. The van der Waals surface area contributed by atoms with Crippen molar-refractivity contribution >= 4 is 18.9 Å². The van der Waals surface area contributed by atoms with E-state index in [-0.39, 0.29) is 25.0 Å². The second-order valence-electron chi connectivity index (χ2n) is 18.4. The largest absolute Gasteiger partial charge is 0.483 e. The number of carbonyl (C=O) groups is 3. The molecular formula is C52H106N2O6. The number of esters is 1. The third kappa shape index (κ3) is 52.5. The van der Waals surface area contributed by atoms with Crippen molar-refractivity contribution < 1.29 is 29.3 Å². The Bertz CT molecular complexity index is 775. The number of likely N-dealkylation sites (N-methyl/N-ethyl adjacent to an activating group) is 2. The first-order chi connectivity index (χ1) is 29.2. The predicted octanol–water partition coefficient (Wildman–Crippen LogP) is 15.1. The zero-order valence-corrected chi connectivity index (χ0v) is 41.4. The fourth-order valence-corrected chi connectivity index (χ4v) is 8.46. The van der Waals surface area contributed by atoms with Gasteiger partial charge < -0.3 is 24.7 Å². The van der Waals surface area contributed by atoms with Crippen molar-refractivity contribution in [2.24, 2.45) is 11.8 Å². The molecule has 0 fully saturated rings. The maximum absolute atomic E-state index is 12.9. The molecule has 0 rings (SSSR count). The molecule has 8 heteroatoms. The van der Waals surface area contributed by atoms with Gasteiger partial charge in [0.15, 0.2) is 0 Å². The smallest absolute Gasteiger partial charge is 0.306 e. The molecule has 0 spiro atoms. The monoisotopic (exact) mass is 855 g/mol. The number of carboxylic acid groups (broad SMARTS) is 2. The van der Waals surface area contributed by atoms with Crippen LogP contribution in [0.25, 0.3) is 0 Å². The van der Waals surface area contributed by atoms with Crippen LogP contribution in [-0.4, -0.2) is 85.8 Å². The van der Waals surface area contributed by atoms with Crippen LogP contribution < -0.4 is 0 Å². The molecule has 0 saturated heterocycles. The van der Waals surface area contributed by atoms with Crippen LogP contribution in [0.1, 0.15) is 259 Å². The lowest BCUT2D eigenvalue weighted by Crippen LogP contribution is -2.29. The molecule has 0 aromatic rings. The van der Waals surface area contributed by atoms with Gasteiger partial charge in [0.25, 0.3) is 12.9 Å². The fraction of sp³-hybridized carbons (Fsp3) is 0.942. The number of nitrogens with zero attached hydrogens (tertiary/aromatic N) is 2. The molecule has 0 aromatic heterocycles. The summed E-state index contributed by atoms with van der Waals surface area (Å²) in [5.74, 6) is 2.00. The van der Waals surface area contributed by atoms with Gasteiger partial charge in [0, 0.05) is 19.5 Å². The van der Waals surface area contributed by atoms with Crippen LogP contribution in [0.15, 0.2) is 0 Å². The van der Waals surface area contributed by atoms with Crippen molar-refractivity contribution in [2.75, 3.05) is 40.8 Å². The van der Waals surface area contributed by atoms with E-state index < -0.39 is 0 Å². The zero-order valence-electron chi connectivity index (χ0n) is 41.4. The Labute approximate surface area is 374 Å². The molecule has 0 aliphatic heterocycles. The van der Waals surface area contributed by atoms with Gasteiger partial charge in [-0.05, 0) is 71.6 Å². The van der Waals surface area contributed by atoms with Crippen LogP contribution in [0.4, 0.5) is 0 Å². The van der Waals surface area contributed by atoms with Crippen molar-refractivity contribution in [2.45, 2.75) is 265 Å². The van der Waals surface area contributed by atoms with Gasteiger partial charge >= 0.3 is 5.97 Å². The summed E-state index contributed by atoms with van der Waals surface area (Å²) in [4.78, 5) is 34.2. The molecule has 0 aliphatic rings. The molecule has 0 atom stereocenters. The van der Waals surface area contributed by atoms with E-state index in [9.17, 15) is 4.79 Å². The summed E-state index contributed by atoms with van der Waals surface area (Å²) in [5, 5.41) is 13.8. The summed E-state index contributed by atoms with van der Waals surface area (Å²) in [7, 11) is 6.40. The van der Waals surface area contributed by atoms with Gasteiger partial charge in [-0.2, -0.15) is 0 Å². The molecular weight excluding hydrogens is 749 g/mol. The quantitative estimate of drug-likeness (QED) is 0.0354. The van der Waals surface area contributed by atoms with Gasteiger partial charge in [-0.1, -0.05) is 220 Å². The van der Waals surface area contributed by atoms with E-state index in [0.29, 0.717) is 6.42 Å². The Morgan fingerprint density at radius 1 is 0.433 bits per heavy atom. The van der Waals surface area contributed by atoms with E-state index in [0.717, 1.165) is 50.7 Å². The number of hydrogen-bond donors (Lipinski definition) is 2. The summed E-state index contributed by atoms with van der Waals surface area (Å²) in [6, 6.07) is 0. The summed E-state index contributed by atoms with van der Waals surface area (Å²) in [6.45, 7) is 11.9. The van der Waals surface area contributed by atoms with Crippen LogP contribution in [0.5, 0.6) is 0 Å². The van der Waals surface area contributed by atoms with Crippen LogP contribution >= 0.6 is 0 Å². The van der Waals surface area contributed by atoms with Gasteiger partial charge in [0.1, 0.15) is 6.10 Å². The number of unbranched alkanes of at least 4 members (excludes halogenated alkanes) is 20. The average molecular weight is 855 g/mol. The first-order valence-corrected chi connectivity index (χ1v) is 25.9. The summed E-state index contributed by atoms with van der Waals surface area (Å²) in [5.41, 5.74) is 0. The lowest BCUT2D eigenvalue weighted by molar-refractivity contribution is -0.150. The highest BCUT2D eigenvalue weighted by atomic mass is 16.5. The van der Waals surface area contributed by atoms with E-state index in [1.54, 1.807) is 0 Å². The third-order valence-electron chi connectivity index (χ3n) is 12.3. The molecule has 0 radical (unpaired) electrons. The molecule has 0 saturated carbocycles. The molecule has 8 nitrogen and oxygen atoms in total. The Morgan fingerprint density at radius 2 is 0.717 bits per heavy atom. The molecule has 0 bridgehead atoms. The summed E-state index contributed by atoms with van der Waals surface area (Å²) >= 11 is 0. The second-order valence-corrected chi connectivity index (χ2v) is 18.4. The van der Waals surface area contributed by atoms with Gasteiger partial charge in [0.2, 0.25) is 0 Å². The van der Waals surface area contributed by atoms with Crippen LogP contribution in [0, 0.1) is 11.8 Å². The van der Waals surface area contributed by atoms with E-state index in [2.05, 4.69) is 58.6 Å². The lowest BCUT2D eigenvalue weighted by atomic mass is 9.90. The molecule has 360 valence electrons. The highest BCUT2D eigenvalue weighted by Crippen LogP contribution is 2.26. The summed E-state index contributed by atoms with van der Waals surface area (Å²) in [6.07, 6.45) is 48.2. The molecule has 0 aromatic carbocycles. The number of ether oxygens (including phenoxy) is 1. The number of hydrogen-bond acceptors (Lipinski definition) is 6. The lowest BCUT2D eigenvalue weighted by Gasteiger charge is -2.20. The molecule has 0 heterocycles. The highest BCUT2D eigenvalue weighted by molar-refractivity contribution is 5.69. The second kappa shape index (κ2) is 53.5. The molecule has 0 amide bonds. The predicted molar refractivity (Wildman–Crippen MR) is 259 cm³/mol. The Kier molecular flexibility index (Phi) is 55.8. The van der Waals surface area contributed by atoms with Crippen molar-refractivity contribution in [1.29, 1.82) is 0 Å². The molecule has 0 aliphatic carbocycles. The molecule has 0 unspecified atom stereocenters. The first kappa shape index (κ1) is 62.6. The van der Waals surface area contributed by atoms with E-state index in [1.807, 2.05) is 0 Å². The van der Waals surface area contributed by atoms with Gasteiger partial charge in [0.05, 0.1) is 0 Å². The average Bonchev–Trinajstić information content (AvgIpc) is 3.22. The van der Waals surface area contributed by atoms with E-state index in [1.165, 1.54) is 205 Å². The van der Waals surface area contributed by atoms with Gasteiger partial charge in [-0.25, -0.2) is 0 Å². The van der Waals surface area contributed by atoms with Crippen LogP contribution in [0.2, 0.25) is 0 Å². The Balaban J connectivity index is -0.00000507. The number of rotatable bonds is 44. The molecule has 2 N–H and O–H groups in total. The number of carbonyl (C=O) groups excluding carboxylic acids is 1. The van der Waals surface area contributed by atoms with Gasteiger partial charge in [-0.3, -0.25) is 14.4 Å². The van der Waals surface area contributed by atoms with Crippen molar-refractivity contribution in [3.63, 3.8) is 0 Å². The minimum atomic E-state index is -0.250. The van der Waals surface area contributed by atoms with Gasteiger partial charge in [-0.15, -0.1) is 0 Å². The highest BCUT2D eigenvalue weighted by Gasteiger charge is 2.15.